The van der Waals surface area contributed by atoms with E-state index in [-0.39, 0.29) is 0 Å². The van der Waals surface area contributed by atoms with Crippen LogP contribution in [0, 0.1) is 0 Å². The fourth-order valence-corrected chi connectivity index (χ4v) is 1.64. The van der Waals surface area contributed by atoms with Gasteiger partial charge in [-0.2, -0.15) is 0 Å². The second-order valence-electron chi connectivity index (χ2n) is 3.79. The zero-order valence-electron chi connectivity index (χ0n) is 11.9. The van der Waals surface area contributed by atoms with Crippen LogP contribution in [0.25, 0.3) is 0 Å². The van der Waals surface area contributed by atoms with Crippen molar-refractivity contribution in [2.75, 3.05) is 14.2 Å². The SMILES string of the molecule is C1CCCCC1.CO.CO.O=C(O)c1ccccc1. The van der Waals surface area contributed by atoms with Gasteiger partial charge in [0, 0.05) is 14.2 Å². The first-order chi connectivity index (χ1) is 9.30. The van der Waals surface area contributed by atoms with Crippen molar-refractivity contribution < 1.29 is 20.1 Å². The lowest BCUT2D eigenvalue weighted by molar-refractivity contribution is 0.0697. The van der Waals surface area contributed by atoms with Gasteiger partial charge < -0.3 is 15.3 Å². The molecule has 1 fully saturated rings. The molecule has 4 nitrogen and oxygen atoms in total. The third-order valence-corrected chi connectivity index (χ3v) is 2.52. The van der Waals surface area contributed by atoms with Crippen LogP contribution in [0.4, 0.5) is 0 Å². The molecule has 1 aliphatic carbocycles. The topological polar surface area (TPSA) is 77.8 Å². The van der Waals surface area contributed by atoms with Gasteiger partial charge in [0.15, 0.2) is 0 Å². The van der Waals surface area contributed by atoms with Crippen LogP contribution in [0.5, 0.6) is 0 Å². The van der Waals surface area contributed by atoms with Gasteiger partial charge in [0.2, 0.25) is 0 Å². The fraction of sp³-hybridized carbons (Fsp3) is 0.533. The van der Waals surface area contributed by atoms with Gasteiger partial charge in [0.1, 0.15) is 0 Å². The van der Waals surface area contributed by atoms with E-state index in [0.717, 1.165) is 14.2 Å². The molecule has 110 valence electrons. The lowest BCUT2D eigenvalue weighted by Gasteiger charge is -2.05. The monoisotopic (exact) mass is 270 g/mol. The summed E-state index contributed by atoms with van der Waals surface area (Å²) < 4.78 is 0. The predicted octanol–water partition coefficient (Wildman–Crippen LogP) is 2.94. The summed E-state index contributed by atoms with van der Waals surface area (Å²) in [6.45, 7) is 0. The van der Waals surface area contributed by atoms with Crippen LogP contribution in [0.3, 0.4) is 0 Å². The third kappa shape index (κ3) is 12.9. The number of carboxylic acid groups (broad SMARTS) is 1. The third-order valence-electron chi connectivity index (χ3n) is 2.52. The zero-order chi connectivity index (χ0) is 14.9. The average molecular weight is 270 g/mol. The largest absolute Gasteiger partial charge is 0.478 e. The Morgan fingerprint density at radius 1 is 0.789 bits per heavy atom. The van der Waals surface area contributed by atoms with Crippen molar-refractivity contribution in [2.45, 2.75) is 38.5 Å². The maximum absolute atomic E-state index is 10.2. The molecular formula is C15H26O4. The number of aromatic carboxylic acids is 1. The first-order valence-electron chi connectivity index (χ1n) is 6.48. The van der Waals surface area contributed by atoms with Gasteiger partial charge in [0.25, 0.3) is 0 Å². The summed E-state index contributed by atoms with van der Waals surface area (Å²) in [5.74, 6) is -0.879. The Bertz CT molecular complexity index is 270. The minimum atomic E-state index is -0.879. The number of carbonyl (C=O) groups is 1. The minimum Gasteiger partial charge on any atom is -0.478 e. The molecule has 1 aromatic carbocycles. The summed E-state index contributed by atoms with van der Waals surface area (Å²) >= 11 is 0. The van der Waals surface area contributed by atoms with Crippen molar-refractivity contribution in [3.63, 3.8) is 0 Å². The number of carboxylic acids is 1. The highest BCUT2D eigenvalue weighted by Gasteiger charge is 1.96. The number of hydrogen-bond donors (Lipinski definition) is 3. The Balaban J connectivity index is 0. The van der Waals surface area contributed by atoms with Crippen molar-refractivity contribution in [1.82, 2.24) is 0 Å². The molecule has 1 aliphatic rings. The molecule has 4 heteroatoms. The molecule has 0 unspecified atom stereocenters. The second-order valence-corrected chi connectivity index (χ2v) is 3.79. The van der Waals surface area contributed by atoms with Gasteiger partial charge in [0.05, 0.1) is 5.56 Å². The van der Waals surface area contributed by atoms with Gasteiger partial charge in [-0.3, -0.25) is 0 Å². The highest BCUT2D eigenvalue weighted by atomic mass is 16.4. The summed E-state index contributed by atoms with van der Waals surface area (Å²) in [7, 11) is 2.00. The Morgan fingerprint density at radius 3 is 1.32 bits per heavy atom. The van der Waals surface area contributed by atoms with E-state index in [9.17, 15) is 4.79 Å². The number of aliphatic hydroxyl groups excluding tert-OH is 2. The van der Waals surface area contributed by atoms with Gasteiger partial charge >= 0.3 is 5.97 Å². The van der Waals surface area contributed by atoms with Crippen LogP contribution >= 0.6 is 0 Å². The van der Waals surface area contributed by atoms with Crippen LogP contribution < -0.4 is 0 Å². The molecule has 2 rings (SSSR count). The summed E-state index contributed by atoms with van der Waals surface area (Å²) in [6.07, 6.45) is 9.00. The van der Waals surface area contributed by atoms with E-state index in [1.54, 1.807) is 30.3 Å². The predicted molar refractivity (Wildman–Crippen MR) is 77.4 cm³/mol. The first-order valence-corrected chi connectivity index (χ1v) is 6.48. The first kappa shape index (κ1) is 19.9. The van der Waals surface area contributed by atoms with Crippen molar-refractivity contribution in [3.05, 3.63) is 35.9 Å². The molecular weight excluding hydrogens is 244 g/mol. The molecule has 0 atom stereocenters. The molecule has 0 aromatic heterocycles. The van der Waals surface area contributed by atoms with Crippen LogP contribution in [0.2, 0.25) is 0 Å². The van der Waals surface area contributed by atoms with Gasteiger partial charge in [-0.1, -0.05) is 56.7 Å². The van der Waals surface area contributed by atoms with Crippen molar-refractivity contribution in [1.29, 1.82) is 0 Å². The van der Waals surface area contributed by atoms with Crippen LogP contribution in [0.15, 0.2) is 30.3 Å². The van der Waals surface area contributed by atoms with Crippen molar-refractivity contribution >= 4 is 5.97 Å². The molecule has 0 radical (unpaired) electrons. The number of hydrogen-bond acceptors (Lipinski definition) is 3. The molecule has 0 aliphatic heterocycles. The standard InChI is InChI=1S/C7H6O2.C6H12.2CH4O/c8-7(9)6-4-2-1-3-5-6;1-2-4-6-5-3-1;2*1-2/h1-5H,(H,8,9);1-6H2;2*2H,1H3. The highest BCUT2D eigenvalue weighted by molar-refractivity contribution is 5.87. The van der Waals surface area contributed by atoms with E-state index in [2.05, 4.69) is 0 Å². The average Bonchev–Trinajstić information content (AvgIpc) is 2.54. The van der Waals surface area contributed by atoms with E-state index in [1.807, 2.05) is 0 Å². The number of aliphatic hydroxyl groups is 2. The molecule has 0 saturated heterocycles. The van der Waals surface area contributed by atoms with E-state index in [4.69, 9.17) is 15.3 Å². The Kier molecular flexibility index (Phi) is 17.4. The highest BCUT2D eigenvalue weighted by Crippen LogP contribution is 2.15. The molecule has 0 bridgehead atoms. The minimum absolute atomic E-state index is 0.331. The fourth-order valence-electron chi connectivity index (χ4n) is 1.64. The zero-order valence-corrected chi connectivity index (χ0v) is 11.9. The molecule has 3 N–H and O–H groups in total. The van der Waals surface area contributed by atoms with Crippen molar-refractivity contribution in [2.24, 2.45) is 0 Å². The van der Waals surface area contributed by atoms with Crippen LogP contribution in [-0.4, -0.2) is 35.5 Å². The van der Waals surface area contributed by atoms with E-state index < -0.39 is 5.97 Å². The summed E-state index contributed by atoms with van der Waals surface area (Å²) in [5.41, 5.74) is 0.331. The quantitative estimate of drug-likeness (QED) is 0.733. The molecule has 19 heavy (non-hydrogen) atoms. The molecule has 1 saturated carbocycles. The molecule has 0 heterocycles. The van der Waals surface area contributed by atoms with Crippen LogP contribution in [0.1, 0.15) is 48.9 Å². The summed E-state index contributed by atoms with van der Waals surface area (Å²) in [4.78, 5) is 10.2. The van der Waals surface area contributed by atoms with E-state index in [1.165, 1.54) is 38.5 Å². The lowest BCUT2D eigenvalue weighted by atomic mass is 10.0. The molecule has 1 aromatic rings. The molecule has 0 spiro atoms. The lowest BCUT2D eigenvalue weighted by Crippen LogP contribution is -1.93. The normalized spacial score (nSPS) is 12.4. The Morgan fingerprint density at radius 2 is 1.11 bits per heavy atom. The number of rotatable bonds is 1. The summed E-state index contributed by atoms with van der Waals surface area (Å²) in [5, 5.41) is 22.4. The van der Waals surface area contributed by atoms with Crippen LogP contribution in [-0.2, 0) is 0 Å². The second kappa shape index (κ2) is 16.6. The van der Waals surface area contributed by atoms with E-state index >= 15 is 0 Å². The van der Waals surface area contributed by atoms with Crippen molar-refractivity contribution in [3.8, 4) is 0 Å². The maximum Gasteiger partial charge on any atom is 0.335 e. The van der Waals surface area contributed by atoms with Gasteiger partial charge in [-0.15, -0.1) is 0 Å². The smallest absolute Gasteiger partial charge is 0.335 e. The number of benzene rings is 1. The van der Waals surface area contributed by atoms with Gasteiger partial charge in [-0.25, -0.2) is 4.79 Å². The Labute approximate surface area is 115 Å². The molecule has 0 amide bonds. The van der Waals surface area contributed by atoms with Gasteiger partial charge in [-0.05, 0) is 12.1 Å². The van der Waals surface area contributed by atoms with E-state index in [0.29, 0.717) is 5.56 Å². The summed E-state index contributed by atoms with van der Waals surface area (Å²) in [6, 6.07) is 8.30. The Hall–Kier alpha value is -1.39. The maximum atomic E-state index is 10.2.